The molecular weight excluding hydrogens is 220 g/mol. The average Bonchev–Trinajstić information content (AvgIpc) is 2.55. The molecule has 0 bridgehead atoms. The van der Waals surface area contributed by atoms with Crippen LogP contribution < -0.4 is 5.73 Å². The number of nitrogens with zero attached hydrogens (tertiary/aromatic N) is 1. The molecule has 1 aliphatic carbocycles. The van der Waals surface area contributed by atoms with Crippen LogP contribution in [-0.2, 0) is 0 Å². The second kappa shape index (κ2) is 7.42. The largest absolute Gasteiger partial charge is 0.399 e. The Kier molecular flexibility index (Phi) is 6.20. The van der Waals surface area contributed by atoms with E-state index in [-0.39, 0.29) is 0 Å². The molecule has 102 valence electrons. The predicted octanol–water partition coefficient (Wildman–Crippen LogP) is 3.19. The lowest BCUT2D eigenvalue weighted by molar-refractivity contribution is 0.216. The molecule has 0 aromatic carbocycles. The van der Waals surface area contributed by atoms with E-state index < -0.39 is 0 Å². The van der Waals surface area contributed by atoms with Crippen LogP contribution in [0.15, 0.2) is 36.1 Å². The van der Waals surface area contributed by atoms with Gasteiger partial charge in [0.2, 0.25) is 0 Å². The van der Waals surface area contributed by atoms with Gasteiger partial charge in [0.1, 0.15) is 0 Å². The lowest BCUT2D eigenvalue weighted by Gasteiger charge is -2.30. The molecule has 0 spiro atoms. The molecule has 2 heteroatoms. The summed E-state index contributed by atoms with van der Waals surface area (Å²) in [5.74, 6) is 1.89. The second-order valence-electron chi connectivity index (χ2n) is 5.39. The minimum absolute atomic E-state index is 0.507. The normalized spacial score (nSPS) is 22.7. The Hall–Kier alpha value is -1.02. The summed E-state index contributed by atoms with van der Waals surface area (Å²) in [7, 11) is 2.20. The third-order valence-corrected chi connectivity index (χ3v) is 3.97. The number of hydrogen-bond acceptors (Lipinski definition) is 2. The molecule has 0 saturated carbocycles. The third-order valence-electron chi connectivity index (χ3n) is 3.97. The zero-order valence-electron chi connectivity index (χ0n) is 12.3. The van der Waals surface area contributed by atoms with Crippen molar-refractivity contribution in [2.24, 2.45) is 23.5 Å². The minimum Gasteiger partial charge on any atom is -0.399 e. The Morgan fingerprint density at radius 2 is 2.06 bits per heavy atom. The Morgan fingerprint density at radius 3 is 2.67 bits per heavy atom. The highest BCUT2D eigenvalue weighted by Crippen LogP contribution is 2.28. The van der Waals surface area contributed by atoms with E-state index in [4.69, 9.17) is 5.73 Å². The Bertz CT molecular complexity index is 328. The summed E-state index contributed by atoms with van der Waals surface area (Å²) in [5.41, 5.74) is 6.68. The van der Waals surface area contributed by atoms with Crippen LogP contribution in [0.5, 0.6) is 0 Å². The van der Waals surface area contributed by atoms with Crippen LogP contribution in [0.4, 0.5) is 0 Å². The fourth-order valence-electron chi connectivity index (χ4n) is 2.73. The van der Waals surface area contributed by atoms with Crippen LogP contribution in [0.25, 0.3) is 0 Å². The van der Waals surface area contributed by atoms with Gasteiger partial charge in [-0.25, -0.2) is 0 Å². The first-order chi connectivity index (χ1) is 8.58. The fraction of sp³-hybridized carbons (Fsp3) is 0.625. The van der Waals surface area contributed by atoms with Crippen LogP contribution in [0.3, 0.4) is 0 Å². The first-order valence-corrected chi connectivity index (χ1v) is 7.09. The molecule has 0 aliphatic heterocycles. The van der Waals surface area contributed by atoms with E-state index in [1.165, 1.54) is 6.42 Å². The zero-order valence-corrected chi connectivity index (χ0v) is 12.3. The molecular formula is C16H28N2. The summed E-state index contributed by atoms with van der Waals surface area (Å²) in [6.07, 6.45) is 11.9. The maximum Gasteiger partial charge on any atom is 0.0310 e. The maximum atomic E-state index is 5.83. The molecule has 2 N–H and O–H groups in total. The summed E-state index contributed by atoms with van der Waals surface area (Å²) in [5, 5.41) is 0. The van der Waals surface area contributed by atoms with Crippen LogP contribution in [0.2, 0.25) is 0 Å². The molecule has 0 saturated heterocycles. The van der Waals surface area contributed by atoms with Crippen molar-refractivity contribution in [2.45, 2.75) is 27.2 Å². The van der Waals surface area contributed by atoms with E-state index in [1.807, 2.05) is 12.2 Å². The topological polar surface area (TPSA) is 29.3 Å². The van der Waals surface area contributed by atoms with Gasteiger partial charge in [0.25, 0.3) is 0 Å². The maximum absolute atomic E-state index is 5.83. The first kappa shape index (κ1) is 15.0. The summed E-state index contributed by atoms with van der Waals surface area (Å²) < 4.78 is 0. The molecule has 0 heterocycles. The van der Waals surface area contributed by atoms with Crippen molar-refractivity contribution in [2.75, 3.05) is 20.1 Å². The smallest absolute Gasteiger partial charge is 0.0310 e. The quantitative estimate of drug-likeness (QED) is 0.782. The standard InChI is InChI=1S/C16H28N2/c1-5-16(13(3)12-18(4)6-2)14-8-7-9-15(17)11-10-14/h7-11,13-14,16H,5-6,12,17H2,1-4H3/t13-,14?,16?/m0/s1. The van der Waals surface area contributed by atoms with Gasteiger partial charge in [0, 0.05) is 12.2 Å². The molecule has 0 radical (unpaired) electrons. The van der Waals surface area contributed by atoms with Gasteiger partial charge >= 0.3 is 0 Å². The number of allylic oxidation sites excluding steroid dienone is 5. The van der Waals surface area contributed by atoms with E-state index in [1.54, 1.807) is 0 Å². The Morgan fingerprint density at radius 1 is 1.33 bits per heavy atom. The van der Waals surface area contributed by atoms with Crippen molar-refractivity contribution in [3.63, 3.8) is 0 Å². The first-order valence-electron chi connectivity index (χ1n) is 7.09. The van der Waals surface area contributed by atoms with Gasteiger partial charge in [-0.2, -0.15) is 0 Å². The number of rotatable bonds is 6. The summed E-state index contributed by atoms with van der Waals surface area (Å²) >= 11 is 0. The van der Waals surface area contributed by atoms with Crippen molar-refractivity contribution in [3.05, 3.63) is 36.1 Å². The molecule has 3 atom stereocenters. The fourth-order valence-corrected chi connectivity index (χ4v) is 2.73. The van der Waals surface area contributed by atoms with Gasteiger partial charge in [-0.15, -0.1) is 0 Å². The highest BCUT2D eigenvalue weighted by Gasteiger charge is 2.22. The lowest BCUT2D eigenvalue weighted by atomic mass is 9.80. The van der Waals surface area contributed by atoms with E-state index in [2.05, 4.69) is 50.9 Å². The Balaban J connectivity index is 2.69. The molecule has 18 heavy (non-hydrogen) atoms. The van der Waals surface area contributed by atoms with Crippen molar-refractivity contribution in [3.8, 4) is 0 Å². The van der Waals surface area contributed by atoms with E-state index >= 15 is 0 Å². The van der Waals surface area contributed by atoms with Gasteiger partial charge < -0.3 is 10.6 Å². The van der Waals surface area contributed by atoms with Crippen molar-refractivity contribution < 1.29 is 0 Å². The van der Waals surface area contributed by atoms with Crippen molar-refractivity contribution in [1.29, 1.82) is 0 Å². The van der Waals surface area contributed by atoms with Crippen molar-refractivity contribution in [1.82, 2.24) is 4.90 Å². The highest BCUT2D eigenvalue weighted by molar-refractivity contribution is 5.26. The van der Waals surface area contributed by atoms with Gasteiger partial charge in [-0.1, -0.05) is 45.4 Å². The molecule has 0 aromatic rings. The highest BCUT2D eigenvalue weighted by atomic mass is 15.1. The van der Waals surface area contributed by atoms with E-state index in [0.717, 1.165) is 18.8 Å². The van der Waals surface area contributed by atoms with Crippen LogP contribution in [-0.4, -0.2) is 25.0 Å². The monoisotopic (exact) mass is 248 g/mol. The summed E-state index contributed by atoms with van der Waals surface area (Å²) in [6.45, 7) is 9.14. The molecule has 0 aromatic heterocycles. The van der Waals surface area contributed by atoms with Gasteiger partial charge in [0.15, 0.2) is 0 Å². The van der Waals surface area contributed by atoms with Crippen LogP contribution in [0, 0.1) is 17.8 Å². The third kappa shape index (κ3) is 4.34. The van der Waals surface area contributed by atoms with Crippen LogP contribution in [0.1, 0.15) is 27.2 Å². The van der Waals surface area contributed by atoms with E-state index in [9.17, 15) is 0 Å². The van der Waals surface area contributed by atoms with E-state index in [0.29, 0.717) is 17.8 Å². The zero-order chi connectivity index (χ0) is 13.5. The predicted molar refractivity (Wildman–Crippen MR) is 80.2 cm³/mol. The molecule has 2 unspecified atom stereocenters. The van der Waals surface area contributed by atoms with Gasteiger partial charge in [0.05, 0.1) is 0 Å². The number of nitrogens with two attached hydrogens (primary N) is 1. The molecule has 1 aliphatic rings. The number of hydrogen-bond donors (Lipinski definition) is 1. The lowest BCUT2D eigenvalue weighted by Crippen LogP contribution is -2.30. The minimum atomic E-state index is 0.507. The average molecular weight is 248 g/mol. The summed E-state index contributed by atoms with van der Waals surface area (Å²) in [6, 6.07) is 0. The van der Waals surface area contributed by atoms with Gasteiger partial charge in [-0.05, 0) is 43.5 Å². The molecule has 1 rings (SSSR count). The summed E-state index contributed by atoms with van der Waals surface area (Å²) in [4.78, 5) is 2.39. The molecule has 2 nitrogen and oxygen atoms in total. The Labute approximate surface area is 112 Å². The SMILES string of the molecule is CCC(C1C=CC=C(N)C=C1)[C@@H](C)CN(C)CC. The molecule has 0 amide bonds. The second-order valence-corrected chi connectivity index (χ2v) is 5.39. The van der Waals surface area contributed by atoms with Gasteiger partial charge in [-0.3, -0.25) is 0 Å². The molecule has 0 fully saturated rings. The van der Waals surface area contributed by atoms with Crippen molar-refractivity contribution >= 4 is 0 Å². The van der Waals surface area contributed by atoms with Crippen LogP contribution >= 0.6 is 0 Å².